The van der Waals surface area contributed by atoms with Crippen LogP contribution in [0.3, 0.4) is 0 Å². The summed E-state index contributed by atoms with van der Waals surface area (Å²) in [4.78, 5) is 19.2. The van der Waals surface area contributed by atoms with E-state index in [0.717, 1.165) is 29.2 Å². The van der Waals surface area contributed by atoms with Crippen LogP contribution in [0, 0.1) is 0 Å². The Balaban J connectivity index is 1.45. The number of hydrogen-bond donors (Lipinski definition) is 1. The van der Waals surface area contributed by atoms with E-state index in [-0.39, 0.29) is 5.91 Å². The number of rotatable bonds is 5. The molecule has 1 amide bonds. The highest BCUT2D eigenvalue weighted by atomic mass is 32.1. The summed E-state index contributed by atoms with van der Waals surface area (Å²) in [7, 11) is 3.32. The maximum Gasteiger partial charge on any atom is 0.273 e. The molecule has 0 atom stereocenters. The van der Waals surface area contributed by atoms with Gasteiger partial charge in [0.1, 0.15) is 17.2 Å². The first-order chi connectivity index (χ1) is 13.7. The number of thiazole rings is 1. The van der Waals surface area contributed by atoms with Crippen LogP contribution in [0.4, 0.5) is 10.8 Å². The first kappa shape index (κ1) is 18.3. The predicted molar refractivity (Wildman–Crippen MR) is 110 cm³/mol. The molecule has 0 unspecified atom stereocenters. The summed E-state index contributed by atoms with van der Waals surface area (Å²) in [5.41, 5.74) is 3.68. The number of amides is 1. The van der Waals surface area contributed by atoms with E-state index in [0.29, 0.717) is 23.9 Å². The number of carbonyl (C=O) groups is 1. The molecule has 3 aromatic rings. The molecule has 1 N–H and O–H groups in total. The molecule has 0 fully saturated rings. The van der Waals surface area contributed by atoms with Gasteiger partial charge in [0.25, 0.3) is 5.91 Å². The smallest absolute Gasteiger partial charge is 0.273 e. The van der Waals surface area contributed by atoms with E-state index in [4.69, 9.17) is 9.47 Å². The van der Waals surface area contributed by atoms with E-state index >= 15 is 0 Å². The molecule has 6 nitrogen and oxygen atoms in total. The zero-order valence-corrected chi connectivity index (χ0v) is 16.6. The van der Waals surface area contributed by atoms with Gasteiger partial charge in [-0.3, -0.25) is 4.79 Å². The molecular formula is C21H21N3O3S. The standard InChI is InChI=1S/C21H21N3O3S/c1-26-16-8-6-15(7-9-16)22-21-23-18(13-28-21)20(25)24-11-10-17-14(12-24)4-3-5-19(17)27-2/h3-9,13H,10-12H2,1-2H3,(H,22,23). The monoisotopic (exact) mass is 395 g/mol. The van der Waals surface area contributed by atoms with Gasteiger partial charge in [0, 0.05) is 29.7 Å². The topological polar surface area (TPSA) is 63.7 Å². The van der Waals surface area contributed by atoms with E-state index in [9.17, 15) is 4.79 Å². The summed E-state index contributed by atoms with van der Waals surface area (Å²) in [6, 6.07) is 13.6. The quantitative estimate of drug-likeness (QED) is 0.705. The first-order valence-corrected chi connectivity index (χ1v) is 9.86. The zero-order chi connectivity index (χ0) is 19.5. The number of methoxy groups -OCH3 is 2. The Hall–Kier alpha value is -3.06. The summed E-state index contributed by atoms with van der Waals surface area (Å²) >= 11 is 1.42. The fraction of sp³-hybridized carbons (Fsp3) is 0.238. The summed E-state index contributed by atoms with van der Waals surface area (Å²) < 4.78 is 10.6. The Morgan fingerprint density at radius 1 is 1.14 bits per heavy atom. The summed E-state index contributed by atoms with van der Waals surface area (Å²) in [5, 5.41) is 5.72. The van der Waals surface area contributed by atoms with Crippen LogP contribution in [0.15, 0.2) is 47.8 Å². The van der Waals surface area contributed by atoms with Gasteiger partial charge in [0.15, 0.2) is 5.13 Å². The van der Waals surface area contributed by atoms with Crippen LogP contribution in [-0.4, -0.2) is 36.6 Å². The second-order valence-corrected chi connectivity index (χ2v) is 7.32. The lowest BCUT2D eigenvalue weighted by Crippen LogP contribution is -2.36. The van der Waals surface area contributed by atoms with Crippen molar-refractivity contribution in [2.45, 2.75) is 13.0 Å². The predicted octanol–water partition coefficient (Wildman–Crippen LogP) is 4.10. The van der Waals surface area contributed by atoms with Crippen molar-refractivity contribution in [3.05, 3.63) is 64.7 Å². The maximum atomic E-state index is 12.9. The molecule has 1 aromatic heterocycles. The van der Waals surface area contributed by atoms with Gasteiger partial charge < -0.3 is 19.7 Å². The van der Waals surface area contributed by atoms with Gasteiger partial charge in [-0.05, 0) is 42.3 Å². The van der Waals surface area contributed by atoms with Gasteiger partial charge in [-0.15, -0.1) is 11.3 Å². The second kappa shape index (κ2) is 7.90. The molecule has 2 aromatic carbocycles. The van der Waals surface area contributed by atoms with Crippen LogP contribution in [0.25, 0.3) is 0 Å². The average molecular weight is 395 g/mol. The van der Waals surface area contributed by atoms with Crippen molar-refractivity contribution >= 4 is 28.1 Å². The van der Waals surface area contributed by atoms with E-state index < -0.39 is 0 Å². The summed E-state index contributed by atoms with van der Waals surface area (Å²) in [6.45, 7) is 1.23. The van der Waals surface area contributed by atoms with E-state index in [1.807, 2.05) is 41.3 Å². The Kier molecular flexibility index (Phi) is 5.16. The Bertz CT molecular complexity index is 985. The van der Waals surface area contributed by atoms with Gasteiger partial charge in [0.05, 0.1) is 14.2 Å². The number of benzene rings is 2. The highest BCUT2D eigenvalue weighted by molar-refractivity contribution is 7.14. The van der Waals surface area contributed by atoms with Gasteiger partial charge in [-0.25, -0.2) is 4.98 Å². The lowest BCUT2D eigenvalue weighted by molar-refractivity contribution is 0.0729. The number of carbonyl (C=O) groups excluding carboxylic acids is 1. The average Bonchev–Trinajstić information content (AvgIpc) is 3.21. The number of hydrogen-bond acceptors (Lipinski definition) is 6. The highest BCUT2D eigenvalue weighted by Crippen LogP contribution is 2.29. The van der Waals surface area contributed by atoms with E-state index in [2.05, 4.69) is 16.4 Å². The lowest BCUT2D eigenvalue weighted by atomic mass is 9.98. The largest absolute Gasteiger partial charge is 0.497 e. The molecule has 0 spiro atoms. The number of anilines is 2. The van der Waals surface area contributed by atoms with Crippen LogP contribution in [0.5, 0.6) is 11.5 Å². The van der Waals surface area contributed by atoms with Crippen LogP contribution < -0.4 is 14.8 Å². The number of nitrogens with zero attached hydrogens (tertiary/aromatic N) is 2. The van der Waals surface area contributed by atoms with Crippen LogP contribution in [-0.2, 0) is 13.0 Å². The van der Waals surface area contributed by atoms with Crippen molar-refractivity contribution in [3.8, 4) is 11.5 Å². The Labute approximate surface area is 167 Å². The molecule has 7 heteroatoms. The minimum absolute atomic E-state index is 0.0486. The van der Waals surface area contributed by atoms with Crippen LogP contribution >= 0.6 is 11.3 Å². The molecule has 0 saturated carbocycles. The fourth-order valence-corrected chi connectivity index (χ4v) is 4.03. The number of fused-ring (bicyclic) bond motifs is 1. The molecule has 2 heterocycles. The van der Waals surface area contributed by atoms with Crippen molar-refractivity contribution in [1.82, 2.24) is 9.88 Å². The third kappa shape index (κ3) is 3.66. The number of ether oxygens (including phenoxy) is 2. The number of aromatic nitrogens is 1. The SMILES string of the molecule is COc1ccc(Nc2nc(C(=O)N3CCc4c(cccc4OC)C3)cs2)cc1. The first-order valence-electron chi connectivity index (χ1n) is 8.98. The zero-order valence-electron chi connectivity index (χ0n) is 15.8. The fourth-order valence-electron chi connectivity index (χ4n) is 3.33. The van der Waals surface area contributed by atoms with Gasteiger partial charge in [0.2, 0.25) is 0 Å². The minimum atomic E-state index is -0.0486. The molecule has 0 radical (unpaired) electrons. The Morgan fingerprint density at radius 3 is 2.71 bits per heavy atom. The molecule has 0 bridgehead atoms. The summed E-state index contributed by atoms with van der Waals surface area (Å²) in [6.07, 6.45) is 0.784. The second-order valence-electron chi connectivity index (χ2n) is 6.47. The van der Waals surface area contributed by atoms with E-state index in [1.54, 1.807) is 19.6 Å². The molecule has 0 aliphatic carbocycles. The molecular weight excluding hydrogens is 374 g/mol. The van der Waals surface area contributed by atoms with Crippen molar-refractivity contribution in [2.75, 3.05) is 26.1 Å². The molecule has 4 rings (SSSR count). The lowest BCUT2D eigenvalue weighted by Gasteiger charge is -2.29. The normalized spacial score (nSPS) is 13.0. The molecule has 1 aliphatic rings. The van der Waals surface area contributed by atoms with Crippen molar-refractivity contribution in [3.63, 3.8) is 0 Å². The highest BCUT2D eigenvalue weighted by Gasteiger charge is 2.25. The maximum absolute atomic E-state index is 12.9. The molecule has 28 heavy (non-hydrogen) atoms. The molecule has 1 aliphatic heterocycles. The third-order valence-electron chi connectivity index (χ3n) is 4.79. The van der Waals surface area contributed by atoms with Crippen LogP contribution in [0.1, 0.15) is 21.6 Å². The van der Waals surface area contributed by atoms with Crippen molar-refractivity contribution in [1.29, 1.82) is 0 Å². The van der Waals surface area contributed by atoms with Crippen molar-refractivity contribution in [2.24, 2.45) is 0 Å². The summed E-state index contributed by atoms with van der Waals surface area (Å²) in [5.74, 6) is 1.64. The molecule has 144 valence electrons. The van der Waals surface area contributed by atoms with Gasteiger partial charge >= 0.3 is 0 Å². The third-order valence-corrected chi connectivity index (χ3v) is 5.55. The molecule has 0 saturated heterocycles. The van der Waals surface area contributed by atoms with Crippen molar-refractivity contribution < 1.29 is 14.3 Å². The Morgan fingerprint density at radius 2 is 1.96 bits per heavy atom. The van der Waals surface area contributed by atoms with E-state index in [1.165, 1.54) is 16.9 Å². The van der Waals surface area contributed by atoms with Gasteiger partial charge in [-0.2, -0.15) is 0 Å². The van der Waals surface area contributed by atoms with Gasteiger partial charge in [-0.1, -0.05) is 12.1 Å². The number of nitrogens with one attached hydrogen (secondary N) is 1. The van der Waals surface area contributed by atoms with Crippen LogP contribution in [0.2, 0.25) is 0 Å². The minimum Gasteiger partial charge on any atom is -0.497 e.